The van der Waals surface area contributed by atoms with Crippen molar-refractivity contribution in [1.29, 1.82) is 0 Å². The molecule has 3 aromatic heterocycles. The number of aryl methyl sites for hydroxylation is 2. The van der Waals surface area contributed by atoms with Gasteiger partial charge in [-0.15, -0.1) is 22.7 Å². The van der Waals surface area contributed by atoms with E-state index < -0.39 is 5.97 Å². The first-order valence-corrected chi connectivity index (χ1v) is 10.1. The number of aliphatic carboxylic acids is 1. The lowest BCUT2D eigenvalue weighted by Gasteiger charge is -2.08. The van der Waals surface area contributed by atoms with E-state index >= 15 is 0 Å². The molecule has 6 heteroatoms. The van der Waals surface area contributed by atoms with E-state index in [1.807, 2.05) is 6.07 Å². The second kappa shape index (κ2) is 6.70. The number of carboxylic acids is 1. The normalized spacial score (nSPS) is 11.3. The second-order valence-electron chi connectivity index (χ2n) is 6.17. The van der Waals surface area contributed by atoms with Crippen LogP contribution in [0.15, 0.2) is 41.8 Å². The molecule has 0 aliphatic heterocycles. The molecule has 3 heterocycles. The number of aromatic nitrogens is 2. The van der Waals surface area contributed by atoms with Gasteiger partial charge in [-0.2, -0.15) is 0 Å². The first-order chi connectivity index (χ1) is 12.6. The molecule has 0 radical (unpaired) electrons. The SMILES string of the molecule is CCc1c(-c2cccs2)nc2sc(CC(=O)O)c(-c3ccc(C)cc3)n12. The molecule has 0 fully saturated rings. The lowest BCUT2D eigenvalue weighted by atomic mass is 10.1. The van der Waals surface area contributed by atoms with Gasteiger partial charge in [0.15, 0.2) is 4.96 Å². The number of thiazole rings is 1. The molecule has 4 aromatic rings. The predicted octanol–water partition coefficient (Wildman–Crippen LogP) is 5.29. The summed E-state index contributed by atoms with van der Waals surface area (Å²) in [6.45, 7) is 4.17. The zero-order valence-corrected chi connectivity index (χ0v) is 16.2. The third kappa shape index (κ3) is 2.85. The van der Waals surface area contributed by atoms with E-state index in [0.29, 0.717) is 0 Å². The number of nitrogens with zero attached hydrogens (tertiary/aromatic N) is 2. The van der Waals surface area contributed by atoms with E-state index in [0.717, 1.165) is 43.8 Å². The fourth-order valence-corrected chi connectivity index (χ4v) is 5.10. The molecule has 0 bridgehead atoms. The lowest BCUT2D eigenvalue weighted by Crippen LogP contribution is -2.02. The van der Waals surface area contributed by atoms with E-state index in [4.69, 9.17) is 4.98 Å². The number of imidazole rings is 1. The maximum Gasteiger partial charge on any atom is 0.308 e. The summed E-state index contributed by atoms with van der Waals surface area (Å²) in [6.07, 6.45) is 0.839. The average Bonchev–Trinajstić information content (AvgIpc) is 3.30. The highest BCUT2D eigenvalue weighted by Gasteiger charge is 2.23. The molecule has 0 aliphatic rings. The molecule has 0 unspecified atom stereocenters. The molecule has 132 valence electrons. The molecule has 0 spiro atoms. The minimum absolute atomic E-state index is 0.00866. The van der Waals surface area contributed by atoms with Gasteiger partial charge in [0.25, 0.3) is 0 Å². The van der Waals surface area contributed by atoms with Crippen LogP contribution in [0.2, 0.25) is 0 Å². The molecule has 1 aromatic carbocycles. The molecule has 0 amide bonds. The quantitative estimate of drug-likeness (QED) is 0.510. The predicted molar refractivity (Wildman–Crippen MR) is 107 cm³/mol. The Labute approximate surface area is 159 Å². The fourth-order valence-electron chi connectivity index (χ4n) is 3.21. The van der Waals surface area contributed by atoms with E-state index in [1.165, 1.54) is 16.9 Å². The smallest absolute Gasteiger partial charge is 0.308 e. The molecule has 0 saturated carbocycles. The number of rotatable bonds is 5. The second-order valence-corrected chi connectivity index (χ2v) is 8.18. The topological polar surface area (TPSA) is 54.6 Å². The molecule has 0 atom stereocenters. The Morgan fingerprint density at radius 1 is 1.23 bits per heavy atom. The van der Waals surface area contributed by atoms with Gasteiger partial charge in [-0.1, -0.05) is 42.8 Å². The first kappa shape index (κ1) is 17.0. The van der Waals surface area contributed by atoms with Gasteiger partial charge < -0.3 is 5.11 Å². The summed E-state index contributed by atoms with van der Waals surface area (Å²) in [6, 6.07) is 12.4. The molecular formula is C20H18N2O2S2. The van der Waals surface area contributed by atoms with E-state index in [9.17, 15) is 9.90 Å². The summed E-state index contributed by atoms with van der Waals surface area (Å²) >= 11 is 3.15. The van der Waals surface area contributed by atoms with Crippen molar-refractivity contribution < 1.29 is 9.90 Å². The summed E-state index contributed by atoms with van der Waals surface area (Å²) in [4.78, 5) is 19.1. The summed E-state index contributed by atoms with van der Waals surface area (Å²) in [5, 5.41) is 11.4. The standard InChI is InChI=1S/C20H18N2O2S2/c1-3-14-18(15-5-4-10-25-15)21-20-22(14)19(16(26-20)11-17(23)24)13-8-6-12(2)7-9-13/h4-10H,3,11H2,1-2H3,(H,23,24). The Hall–Kier alpha value is -2.44. The number of benzene rings is 1. The molecule has 1 N–H and O–H groups in total. The minimum Gasteiger partial charge on any atom is -0.481 e. The van der Waals surface area contributed by atoms with Crippen molar-refractivity contribution in [3.8, 4) is 21.8 Å². The largest absolute Gasteiger partial charge is 0.481 e. The number of hydrogen-bond acceptors (Lipinski definition) is 4. The van der Waals surface area contributed by atoms with Crippen molar-refractivity contribution in [1.82, 2.24) is 9.38 Å². The number of thiophene rings is 1. The third-order valence-corrected chi connectivity index (χ3v) is 6.29. The Bertz CT molecular complexity index is 1070. The van der Waals surface area contributed by atoms with Gasteiger partial charge in [0.05, 0.1) is 22.7 Å². The summed E-state index contributed by atoms with van der Waals surface area (Å²) in [5.74, 6) is -0.820. The van der Waals surface area contributed by atoms with E-state index in [2.05, 4.69) is 54.0 Å². The molecule has 4 nitrogen and oxygen atoms in total. The Morgan fingerprint density at radius 3 is 2.62 bits per heavy atom. The van der Waals surface area contributed by atoms with E-state index in [-0.39, 0.29) is 6.42 Å². The maximum atomic E-state index is 11.4. The Morgan fingerprint density at radius 2 is 2.00 bits per heavy atom. The van der Waals surface area contributed by atoms with Crippen LogP contribution in [0.3, 0.4) is 0 Å². The van der Waals surface area contributed by atoms with Crippen LogP contribution in [0.25, 0.3) is 26.8 Å². The minimum atomic E-state index is -0.820. The number of hydrogen-bond donors (Lipinski definition) is 1. The molecule has 4 rings (SSSR count). The van der Waals surface area contributed by atoms with Gasteiger partial charge in [-0.25, -0.2) is 4.98 Å². The molecule has 26 heavy (non-hydrogen) atoms. The molecule has 0 aliphatic carbocycles. The highest BCUT2D eigenvalue weighted by atomic mass is 32.1. The number of fused-ring (bicyclic) bond motifs is 1. The highest BCUT2D eigenvalue weighted by molar-refractivity contribution is 7.17. The van der Waals surface area contributed by atoms with E-state index in [1.54, 1.807) is 11.3 Å². The van der Waals surface area contributed by atoms with Crippen molar-refractivity contribution in [3.05, 3.63) is 57.9 Å². The third-order valence-electron chi connectivity index (χ3n) is 4.37. The maximum absolute atomic E-state index is 11.4. The van der Waals surface area contributed by atoms with Crippen molar-refractivity contribution >= 4 is 33.6 Å². The average molecular weight is 383 g/mol. The Balaban J connectivity index is 2.01. The highest BCUT2D eigenvalue weighted by Crippen LogP contribution is 2.38. The van der Waals surface area contributed by atoms with Gasteiger partial charge in [0.1, 0.15) is 5.69 Å². The van der Waals surface area contributed by atoms with Crippen LogP contribution in [-0.2, 0) is 17.6 Å². The molecule has 0 saturated heterocycles. The van der Waals surface area contributed by atoms with Crippen molar-refractivity contribution in [2.75, 3.05) is 0 Å². The summed E-state index contributed by atoms with van der Waals surface area (Å²) in [7, 11) is 0. The molecular weight excluding hydrogens is 364 g/mol. The van der Waals surface area contributed by atoms with Crippen LogP contribution in [0.1, 0.15) is 23.1 Å². The van der Waals surface area contributed by atoms with Gasteiger partial charge in [0, 0.05) is 4.88 Å². The van der Waals surface area contributed by atoms with Crippen LogP contribution >= 0.6 is 22.7 Å². The number of carbonyl (C=O) groups is 1. The fraction of sp³-hybridized carbons (Fsp3) is 0.200. The van der Waals surface area contributed by atoms with Crippen LogP contribution in [0, 0.1) is 6.92 Å². The van der Waals surface area contributed by atoms with Crippen LogP contribution in [0.4, 0.5) is 0 Å². The van der Waals surface area contributed by atoms with Gasteiger partial charge in [-0.3, -0.25) is 9.20 Å². The first-order valence-electron chi connectivity index (χ1n) is 8.44. The van der Waals surface area contributed by atoms with Crippen molar-refractivity contribution in [2.45, 2.75) is 26.7 Å². The van der Waals surface area contributed by atoms with Gasteiger partial charge >= 0.3 is 5.97 Å². The summed E-state index contributed by atoms with van der Waals surface area (Å²) in [5.41, 5.74) is 5.30. The monoisotopic (exact) mass is 382 g/mol. The van der Waals surface area contributed by atoms with Crippen molar-refractivity contribution in [3.63, 3.8) is 0 Å². The lowest BCUT2D eigenvalue weighted by molar-refractivity contribution is -0.136. The van der Waals surface area contributed by atoms with Crippen LogP contribution in [-0.4, -0.2) is 20.5 Å². The van der Waals surface area contributed by atoms with Crippen LogP contribution in [0.5, 0.6) is 0 Å². The zero-order valence-electron chi connectivity index (χ0n) is 14.5. The van der Waals surface area contributed by atoms with Gasteiger partial charge in [-0.05, 0) is 30.4 Å². The Kier molecular flexibility index (Phi) is 4.38. The van der Waals surface area contributed by atoms with Crippen molar-refractivity contribution in [2.24, 2.45) is 0 Å². The number of carboxylic acid groups (broad SMARTS) is 1. The van der Waals surface area contributed by atoms with Crippen LogP contribution < -0.4 is 0 Å². The van der Waals surface area contributed by atoms with Gasteiger partial charge in [0.2, 0.25) is 0 Å². The zero-order chi connectivity index (χ0) is 18.3. The summed E-state index contributed by atoms with van der Waals surface area (Å²) < 4.78 is 2.16.